The number of ether oxygens (including phenoxy) is 1. The minimum atomic E-state index is -2.84. The van der Waals surface area contributed by atoms with E-state index < -0.39 is 6.61 Å². The van der Waals surface area contributed by atoms with Crippen LogP contribution in [0.25, 0.3) is 0 Å². The van der Waals surface area contributed by atoms with Crippen LogP contribution in [0.2, 0.25) is 0 Å². The highest BCUT2D eigenvalue weighted by atomic mass is 19.3. The number of halogens is 2. The molecule has 0 aliphatic rings. The van der Waals surface area contributed by atoms with E-state index in [2.05, 4.69) is 15.0 Å². The van der Waals surface area contributed by atoms with Crippen molar-refractivity contribution < 1.29 is 13.5 Å². The van der Waals surface area contributed by atoms with Gasteiger partial charge in [0.05, 0.1) is 17.4 Å². The van der Waals surface area contributed by atoms with E-state index in [0.29, 0.717) is 5.69 Å². The Morgan fingerprint density at radius 3 is 2.53 bits per heavy atom. The first-order chi connectivity index (χ1) is 9.16. The summed E-state index contributed by atoms with van der Waals surface area (Å²) in [6, 6.07) is 12.1. The number of hydrogen-bond donors (Lipinski definition) is 1. The fourth-order valence-corrected chi connectivity index (χ4v) is 1.72. The van der Waals surface area contributed by atoms with Gasteiger partial charge < -0.3 is 10.1 Å². The molecule has 0 radical (unpaired) electrons. The number of pyridine rings is 1. The Morgan fingerprint density at radius 1 is 1.11 bits per heavy atom. The summed E-state index contributed by atoms with van der Waals surface area (Å²) in [5, 5.41) is 3.11. The SMILES string of the molecule is CC(Nc1ccccc1OC(F)F)c1ccccn1. The summed E-state index contributed by atoms with van der Waals surface area (Å²) >= 11 is 0. The minimum absolute atomic E-state index is 0.108. The molecule has 5 heteroatoms. The smallest absolute Gasteiger partial charge is 0.387 e. The summed E-state index contributed by atoms with van der Waals surface area (Å²) in [5.74, 6) is 0.125. The van der Waals surface area contributed by atoms with Gasteiger partial charge in [-0.2, -0.15) is 8.78 Å². The Labute approximate surface area is 110 Å². The zero-order valence-electron chi connectivity index (χ0n) is 10.4. The van der Waals surface area contributed by atoms with Crippen molar-refractivity contribution >= 4 is 5.69 Å². The van der Waals surface area contributed by atoms with E-state index in [4.69, 9.17) is 0 Å². The number of hydrogen-bond acceptors (Lipinski definition) is 3. The molecule has 1 atom stereocenters. The molecule has 1 aromatic carbocycles. The molecule has 0 aliphatic heterocycles. The molecule has 1 N–H and O–H groups in total. The van der Waals surface area contributed by atoms with Crippen molar-refractivity contribution in [2.45, 2.75) is 19.6 Å². The van der Waals surface area contributed by atoms with Crippen molar-refractivity contribution in [3.8, 4) is 5.75 Å². The summed E-state index contributed by atoms with van der Waals surface area (Å²) < 4.78 is 29.1. The fourth-order valence-electron chi connectivity index (χ4n) is 1.72. The van der Waals surface area contributed by atoms with E-state index in [1.165, 1.54) is 6.07 Å². The third-order valence-corrected chi connectivity index (χ3v) is 2.61. The molecule has 2 rings (SSSR count). The van der Waals surface area contributed by atoms with Crippen LogP contribution in [0.15, 0.2) is 48.7 Å². The first-order valence-electron chi connectivity index (χ1n) is 5.88. The highest BCUT2D eigenvalue weighted by Crippen LogP contribution is 2.28. The third kappa shape index (κ3) is 3.64. The van der Waals surface area contributed by atoms with Crippen molar-refractivity contribution in [1.29, 1.82) is 0 Å². The molecule has 0 spiro atoms. The van der Waals surface area contributed by atoms with Gasteiger partial charge in [0.25, 0.3) is 0 Å². The molecule has 0 aliphatic carbocycles. The molecule has 19 heavy (non-hydrogen) atoms. The van der Waals surface area contributed by atoms with Crippen LogP contribution >= 0.6 is 0 Å². The van der Waals surface area contributed by atoms with E-state index >= 15 is 0 Å². The maximum Gasteiger partial charge on any atom is 0.387 e. The Bertz CT molecular complexity index is 520. The highest BCUT2D eigenvalue weighted by Gasteiger charge is 2.12. The number of nitrogens with zero attached hydrogens (tertiary/aromatic N) is 1. The van der Waals surface area contributed by atoms with Crippen molar-refractivity contribution in [3.05, 3.63) is 54.4 Å². The number of alkyl halides is 2. The van der Waals surface area contributed by atoms with E-state index in [-0.39, 0.29) is 11.8 Å². The van der Waals surface area contributed by atoms with Gasteiger partial charge >= 0.3 is 6.61 Å². The lowest BCUT2D eigenvalue weighted by Crippen LogP contribution is -2.10. The first kappa shape index (κ1) is 13.3. The fraction of sp³-hybridized carbons (Fsp3) is 0.214. The van der Waals surface area contributed by atoms with Crippen molar-refractivity contribution in [2.75, 3.05) is 5.32 Å². The summed E-state index contributed by atoms with van der Waals surface area (Å²) in [6.07, 6.45) is 1.69. The molecule has 0 saturated carbocycles. The molecule has 3 nitrogen and oxygen atoms in total. The lowest BCUT2D eigenvalue weighted by atomic mass is 10.2. The maximum absolute atomic E-state index is 12.3. The van der Waals surface area contributed by atoms with E-state index in [1.54, 1.807) is 24.4 Å². The van der Waals surface area contributed by atoms with Gasteiger partial charge in [-0.25, -0.2) is 0 Å². The van der Waals surface area contributed by atoms with Gasteiger partial charge in [-0.15, -0.1) is 0 Å². The van der Waals surface area contributed by atoms with E-state index in [1.807, 2.05) is 25.1 Å². The molecule has 0 saturated heterocycles. The Hall–Kier alpha value is -2.17. The van der Waals surface area contributed by atoms with Crippen molar-refractivity contribution in [3.63, 3.8) is 0 Å². The predicted octanol–water partition coefficient (Wildman–Crippen LogP) is 3.86. The Kier molecular flexibility index (Phi) is 4.28. The molecule has 0 fully saturated rings. The number of nitrogens with one attached hydrogen (secondary N) is 1. The maximum atomic E-state index is 12.3. The van der Waals surface area contributed by atoms with Gasteiger partial charge in [-0.05, 0) is 31.2 Å². The molecule has 0 bridgehead atoms. The number of para-hydroxylation sites is 2. The van der Waals surface area contributed by atoms with E-state index in [9.17, 15) is 8.78 Å². The van der Waals surface area contributed by atoms with Crippen LogP contribution in [-0.2, 0) is 0 Å². The van der Waals surface area contributed by atoms with Gasteiger partial charge in [-0.3, -0.25) is 4.98 Å². The topological polar surface area (TPSA) is 34.1 Å². The molecule has 1 heterocycles. The second-order valence-corrected chi connectivity index (χ2v) is 4.00. The standard InChI is InChI=1S/C14H14F2N2O/c1-10(11-6-4-5-9-17-11)18-12-7-2-3-8-13(12)19-14(15)16/h2-10,14,18H,1H3. The monoisotopic (exact) mass is 264 g/mol. The largest absolute Gasteiger partial charge is 0.433 e. The lowest BCUT2D eigenvalue weighted by Gasteiger charge is -2.17. The van der Waals surface area contributed by atoms with Crippen LogP contribution in [0, 0.1) is 0 Å². The van der Waals surface area contributed by atoms with Crippen LogP contribution < -0.4 is 10.1 Å². The number of benzene rings is 1. The number of aromatic nitrogens is 1. The average Bonchev–Trinajstić information content (AvgIpc) is 2.41. The predicted molar refractivity (Wildman–Crippen MR) is 69.3 cm³/mol. The Morgan fingerprint density at radius 2 is 1.84 bits per heavy atom. The average molecular weight is 264 g/mol. The number of rotatable bonds is 5. The summed E-state index contributed by atoms with van der Waals surface area (Å²) in [4.78, 5) is 4.21. The summed E-state index contributed by atoms with van der Waals surface area (Å²) in [6.45, 7) is -0.935. The Balaban J connectivity index is 2.15. The summed E-state index contributed by atoms with van der Waals surface area (Å²) in [7, 11) is 0. The third-order valence-electron chi connectivity index (χ3n) is 2.61. The second-order valence-electron chi connectivity index (χ2n) is 4.00. The summed E-state index contributed by atoms with van der Waals surface area (Å²) in [5.41, 5.74) is 1.34. The van der Waals surface area contributed by atoms with Gasteiger partial charge in [-0.1, -0.05) is 18.2 Å². The zero-order valence-corrected chi connectivity index (χ0v) is 10.4. The molecular weight excluding hydrogens is 250 g/mol. The molecule has 0 amide bonds. The van der Waals surface area contributed by atoms with Gasteiger partial charge in [0.2, 0.25) is 0 Å². The molecule has 1 aromatic heterocycles. The van der Waals surface area contributed by atoms with Gasteiger partial charge in [0.1, 0.15) is 5.75 Å². The van der Waals surface area contributed by atoms with Crippen molar-refractivity contribution in [2.24, 2.45) is 0 Å². The van der Waals surface area contributed by atoms with Gasteiger partial charge in [0.15, 0.2) is 0 Å². The number of anilines is 1. The van der Waals surface area contributed by atoms with Crippen molar-refractivity contribution in [1.82, 2.24) is 4.98 Å². The highest BCUT2D eigenvalue weighted by molar-refractivity contribution is 5.57. The van der Waals surface area contributed by atoms with Crippen LogP contribution in [-0.4, -0.2) is 11.6 Å². The first-order valence-corrected chi connectivity index (χ1v) is 5.88. The van der Waals surface area contributed by atoms with Crippen LogP contribution in [0.3, 0.4) is 0 Å². The molecule has 2 aromatic rings. The zero-order chi connectivity index (χ0) is 13.7. The van der Waals surface area contributed by atoms with Crippen LogP contribution in [0.1, 0.15) is 18.7 Å². The second kappa shape index (κ2) is 6.13. The quantitative estimate of drug-likeness (QED) is 0.890. The van der Waals surface area contributed by atoms with Gasteiger partial charge in [0, 0.05) is 6.20 Å². The minimum Gasteiger partial charge on any atom is -0.433 e. The normalized spacial score (nSPS) is 12.2. The van der Waals surface area contributed by atoms with E-state index in [0.717, 1.165) is 5.69 Å². The molecule has 1 unspecified atom stereocenters. The lowest BCUT2D eigenvalue weighted by molar-refractivity contribution is -0.0493. The molecule has 100 valence electrons. The molecular formula is C14H14F2N2O. The van der Waals surface area contributed by atoms with Crippen LogP contribution in [0.4, 0.5) is 14.5 Å². The van der Waals surface area contributed by atoms with Crippen LogP contribution in [0.5, 0.6) is 5.75 Å².